The molecule has 0 N–H and O–H groups in total. The number of furan rings is 1. The Bertz CT molecular complexity index is 1150. The van der Waals surface area contributed by atoms with E-state index >= 15 is 0 Å². The molecule has 130 valence electrons. The van der Waals surface area contributed by atoms with Crippen LogP contribution in [0.2, 0.25) is 0 Å². The van der Waals surface area contributed by atoms with Gasteiger partial charge >= 0.3 is 5.97 Å². The Morgan fingerprint density at radius 1 is 1.15 bits per heavy atom. The van der Waals surface area contributed by atoms with E-state index in [1.54, 1.807) is 52.4 Å². The first-order valence-electron chi connectivity index (χ1n) is 7.95. The van der Waals surface area contributed by atoms with Crippen molar-refractivity contribution in [2.75, 3.05) is 7.11 Å². The minimum absolute atomic E-state index is 0.0809. The Hall–Kier alpha value is -3.12. The van der Waals surface area contributed by atoms with Crippen LogP contribution in [0, 0.1) is 0 Å². The second kappa shape index (κ2) is 6.31. The fraction of sp³-hybridized carbons (Fsp3) is 0.100. The average molecular weight is 365 g/mol. The van der Waals surface area contributed by atoms with Crippen LogP contribution < -0.4 is 5.43 Å². The molecule has 0 aliphatic carbocycles. The molecule has 3 aromatic heterocycles. The zero-order valence-corrected chi connectivity index (χ0v) is 15.0. The number of pyridine rings is 1. The number of carbonyl (C=O) groups is 1. The van der Waals surface area contributed by atoms with Gasteiger partial charge in [-0.15, -0.1) is 11.3 Å². The van der Waals surface area contributed by atoms with Crippen LogP contribution in [0.3, 0.4) is 0 Å². The van der Waals surface area contributed by atoms with E-state index in [1.165, 1.54) is 7.11 Å². The van der Waals surface area contributed by atoms with Crippen LogP contribution in [0.1, 0.15) is 10.4 Å². The predicted octanol–water partition coefficient (Wildman–Crippen LogP) is 4.31. The fourth-order valence-corrected chi connectivity index (χ4v) is 3.73. The highest BCUT2D eigenvalue weighted by Crippen LogP contribution is 2.41. The van der Waals surface area contributed by atoms with Crippen molar-refractivity contribution >= 4 is 28.4 Å². The molecular formula is C20H15NO4S. The van der Waals surface area contributed by atoms with Gasteiger partial charge in [-0.2, -0.15) is 0 Å². The van der Waals surface area contributed by atoms with Crippen molar-refractivity contribution in [3.05, 3.63) is 69.8 Å². The van der Waals surface area contributed by atoms with Crippen molar-refractivity contribution in [1.29, 1.82) is 0 Å². The van der Waals surface area contributed by atoms with Crippen molar-refractivity contribution in [1.82, 2.24) is 4.57 Å². The van der Waals surface area contributed by atoms with Gasteiger partial charge in [0.1, 0.15) is 5.76 Å². The van der Waals surface area contributed by atoms with Crippen LogP contribution in [0.15, 0.2) is 63.3 Å². The molecule has 0 bridgehead atoms. The Morgan fingerprint density at radius 2 is 1.92 bits per heavy atom. The minimum atomic E-state index is -0.395. The molecule has 1 aromatic carbocycles. The molecule has 3 heterocycles. The van der Waals surface area contributed by atoms with Gasteiger partial charge in [0.05, 0.1) is 23.6 Å². The van der Waals surface area contributed by atoms with Crippen LogP contribution >= 0.6 is 11.3 Å². The number of benzene rings is 1. The molecule has 0 fully saturated rings. The molecule has 0 atom stereocenters. The Kier molecular flexibility index (Phi) is 3.97. The highest BCUT2D eigenvalue weighted by atomic mass is 32.1. The van der Waals surface area contributed by atoms with E-state index in [0.29, 0.717) is 22.4 Å². The number of methoxy groups -OCH3 is 1. The number of hydrogen-bond acceptors (Lipinski definition) is 5. The number of hydrogen-bond donors (Lipinski definition) is 0. The van der Waals surface area contributed by atoms with Crippen LogP contribution in [0.5, 0.6) is 0 Å². The quantitative estimate of drug-likeness (QED) is 0.508. The van der Waals surface area contributed by atoms with Crippen LogP contribution in [0.4, 0.5) is 0 Å². The first-order valence-corrected chi connectivity index (χ1v) is 8.83. The molecule has 0 saturated heterocycles. The van der Waals surface area contributed by atoms with E-state index in [0.717, 1.165) is 16.0 Å². The van der Waals surface area contributed by atoms with Crippen molar-refractivity contribution < 1.29 is 13.9 Å². The van der Waals surface area contributed by atoms with Gasteiger partial charge in [-0.05, 0) is 23.6 Å². The number of aromatic nitrogens is 1. The van der Waals surface area contributed by atoms with E-state index in [2.05, 4.69) is 0 Å². The van der Waals surface area contributed by atoms with Crippen molar-refractivity contribution in [3.63, 3.8) is 0 Å². The van der Waals surface area contributed by atoms with Gasteiger partial charge in [-0.25, -0.2) is 4.79 Å². The van der Waals surface area contributed by atoms with Gasteiger partial charge in [0.2, 0.25) is 5.71 Å². The zero-order valence-electron chi connectivity index (χ0n) is 14.2. The van der Waals surface area contributed by atoms with Gasteiger partial charge in [0.15, 0.2) is 5.43 Å². The van der Waals surface area contributed by atoms with Crippen LogP contribution in [-0.4, -0.2) is 17.6 Å². The third-order valence-electron chi connectivity index (χ3n) is 4.24. The number of aryl methyl sites for hydroxylation is 1. The molecule has 4 aromatic rings. The lowest BCUT2D eigenvalue weighted by molar-refractivity contribution is 0.0601. The topological polar surface area (TPSA) is 61.4 Å². The SMILES string of the molecule is COC(=O)c1ccc(-c2oc3c(c2-c2cccs2)c(=O)ccn3C)cc1. The van der Waals surface area contributed by atoms with Gasteiger partial charge in [0, 0.05) is 29.8 Å². The van der Waals surface area contributed by atoms with Gasteiger partial charge < -0.3 is 13.7 Å². The lowest BCUT2D eigenvalue weighted by atomic mass is 10.0. The lowest BCUT2D eigenvalue weighted by Crippen LogP contribution is -2.03. The predicted molar refractivity (Wildman–Crippen MR) is 102 cm³/mol. The second-order valence-corrected chi connectivity index (χ2v) is 6.77. The summed E-state index contributed by atoms with van der Waals surface area (Å²) in [6, 6.07) is 12.4. The summed E-state index contributed by atoms with van der Waals surface area (Å²) in [4.78, 5) is 25.2. The van der Waals surface area contributed by atoms with Crippen molar-refractivity contribution in [2.24, 2.45) is 7.05 Å². The van der Waals surface area contributed by atoms with Gasteiger partial charge in [0.25, 0.3) is 0 Å². The molecule has 0 spiro atoms. The second-order valence-electron chi connectivity index (χ2n) is 5.82. The summed E-state index contributed by atoms with van der Waals surface area (Å²) in [6.07, 6.45) is 1.69. The van der Waals surface area contributed by atoms with Crippen molar-refractivity contribution in [2.45, 2.75) is 0 Å². The van der Waals surface area contributed by atoms with E-state index in [9.17, 15) is 9.59 Å². The molecule has 6 heteroatoms. The number of nitrogens with zero attached hydrogens (tertiary/aromatic N) is 1. The molecule has 0 aliphatic rings. The minimum Gasteiger partial charge on any atom is -0.465 e. The smallest absolute Gasteiger partial charge is 0.337 e. The zero-order chi connectivity index (χ0) is 18.3. The van der Waals surface area contributed by atoms with Gasteiger partial charge in [-0.3, -0.25) is 4.79 Å². The maximum Gasteiger partial charge on any atom is 0.337 e. The van der Waals surface area contributed by atoms with E-state index in [1.807, 2.05) is 24.6 Å². The van der Waals surface area contributed by atoms with E-state index < -0.39 is 5.97 Å². The molecule has 5 nitrogen and oxygen atoms in total. The van der Waals surface area contributed by atoms with E-state index in [-0.39, 0.29) is 5.43 Å². The highest BCUT2D eigenvalue weighted by molar-refractivity contribution is 7.13. The van der Waals surface area contributed by atoms with E-state index in [4.69, 9.17) is 9.15 Å². The molecular weight excluding hydrogens is 350 g/mol. The lowest BCUT2D eigenvalue weighted by Gasteiger charge is -2.03. The molecule has 4 rings (SSSR count). The summed E-state index contributed by atoms with van der Waals surface area (Å²) in [5, 5.41) is 2.52. The molecule has 0 amide bonds. The highest BCUT2D eigenvalue weighted by Gasteiger charge is 2.22. The Balaban J connectivity index is 2.00. The first-order chi connectivity index (χ1) is 12.6. The average Bonchev–Trinajstić information content (AvgIpc) is 3.32. The summed E-state index contributed by atoms with van der Waals surface area (Å²) >= 11 is 1.55. The summed E-state index contributed by atoms with van der Waals surface area (Å²) in [7, 11) is 3.19. The number of thiophene rings is 1. The Labute approximate surface area is 153 Å². The summed E-state index contributed by atoms with van der Waals surface area (Å²) in [5.74, 6) is 0.214. The largest absolute Gasteiger partial charge is 0.465 e. The van der Waals surface area contributed by atoms with Gasteiger partial charge in [-0.1, -0.05) is 18.2 Å². The number of ether oxygens (including phenoxy) is 1. The maximum atomic E-state index is 12.5. The van der Waals surface area contributed by atoms with Crippen molar-refractivity contribution in [3.8, 4) is 21.8 Å². The molecule has 0 radical (unpaired) electrons. The molecule has 26 heavy (non-hydrogen) atoms. The Morgan fingerprint density at radius 3 is 2.58 bits per heavy atom. The standard InChI is InChI=1S/C20H15NO4S/c1-21-10-9-14(22)16-17(15-4-3-11-26-15)18(25-19(16)21)12-5-7-13(8-6-12)20(23)24-2/h3-11H,1-2H3. The molecule has 0 saturated carbocycles. The number of rotatable bonds is 3. The third kappa shape index (κ3) is 2.55. The van der Waals surface area contributed by atoms with Crippen LogP contribution in [-0.2, 0) is 11.8 Å². The summed E-state index contributed by atoms with van der Waals surface area (Å²) < 4.78 is 12.6. The molecule has 0 unspecified atom stereocenters. The summed E-state index contributed by atoms with van der Waals surface area (Å²) in [5.41, 5.74) is 2.47. The summed E-state index contributed by atoms with van der Waals surface area (Å²) in [6.45, 7) is 0. The number of esters is 1. The maximum absolute atomic E-state index is 12.5. The normalized spacial score (nSPS) is 11.0. The number of carbonyl (C=O) groups excluding carboxylic acids is 1. The molecule has 0 aliphatic heterocycles. The monoisotopic (exact) mass is 365 g/mol. The first kappa shape index (κ1) is 16.4. The van der Waals surface area contributed by atoms with Crippen LogP contribution in [0.25, 0.3) is 32.9 Å². The fourth-order valence-electron chi connectivity index (χ4n) is 2.96. The third-order valence-corrected chi connectivity index (χ3v) is 5.13. The number of fused-ring (bicyclic) bond motifs is 1.